The second-order valence-corrected chi connectivity index (χ2v) is 4.68. The third kappa shape index (κ3) is 1.51. The maximum absolute atomic E-state index is 14.3. The molecule has 16 heavy (non-hydrogen) atoms. The summed E-state index contributed by atoms with van der Waals surface area (Å²) in [4.78, 5) is 11.0. The fraction of sp³-hybridized carbons (Fsp3) is 0.462. The van der Waals surface area contributed by atoms with Crippen molar-refractivity contribution < 1.29 is 14.3 Å². The Morgan fingerprint density at radius 3 is 2.75 bits per heavy atom. The number of halogens is 1. The predicted molar refractivity (Wildman–Crippen MR) is 59.3 cm³/mol. The third-order valence-electron chi connectivity index (χ3n) is 3.31. The summed E-state index contributed by atoms with van der Waals surface area (Å²) in [5, 5.41) is 8.97. The molecule has 0 radical (unpaired) electrons. The molecule has 1 aliphatic carbocycles. The standard InChI is InChI=1S/C13H15FO2/c1-8(2)10-4-3-9-5-6-13(14,12(15)16)11(9)7-10/h3-4,7-8H,5-6H2,1-2H3,(H,15,16). The van der Waals surface area contributed by atoms with Gasteiger partial charge in [0.2, 0.25) is 5.67 Å². The van der Waals surface area contributed by atoms with Gasteiger partial charge in [-0.05, 0) is 23.5 Å². The monoisotopic (exact) mass is 222 g/mol. The molecule has 0 saturated carbocycles. The summed E-state index contributed by atoms with van der Waals surface area (Å²) < 4.78 is 14.3. The highest BCUT2D eigenvalue weighted by Crippen LogP contribution is 2.41. The summed E-state index contributed by atoms with van der Waals surface area (Å²) in [7, 11) is 0. The molecule has 1 aromatic carbocycles. The van der Waals surface area contributed by atoms with E-state index in [1.165, 1.54) is 0 Å². The largest absolute Gasteiger partial charge is 0.479 e. The van der Waals surface area contributed by atoms with Crippen molar-refractivity contribution in [3.05, 3.63) is 34.9 Å². The van der Waals surface area contributed by atoms with E-state index in [1.54, 1.807) is 6.07 Å². The summed E-state index contributed by atoms with van der Waals surface area (Å²) in [6.45, 7) is 4.02. The summed E-state index contributed by atoms with van der Waals surface area (Å²) in [6, 6.07) is 5.52. The summed E-state index contributed by atoms with van der Waals surface area (Å²) >= 11 is 0. The number of hydrogen-bond acceptors (Lipinski definition) is 1. The van der Waals surface area contributed by atoms with E-state index in [1.807, 2.05) is 26.0 Å². The van der Waals surface area contributed by atoms with Crippen molar-refractivity contribution in [1.82, 2.24) is 0 Å². The topological polar surface area (TPSA) is 37.3 Å². The quantitative estimate of drug-likeness (QED) is 0.835. The molecule has 86 valence electrons. The number of hydrogen-bond donors (Lipinski definition) is 1. The lowest BCUT2D eigenvalue weighted by Gasteiger charge is -2.16. The molecule has 1 unspecified atom stereocenters. The van der Waals surface area contributed by atoms with Gasteiger partial charge < -0.3 is 5.11 Å². The molecule has 3 heteroatoms. The first-order chi connectivity index (χ1) is 7.45. The summed E-state index contributed by atoms with van der Waals surface area (Å²) in [6.07, 6.45) is 0.565. The van der Waals surface area contributed by atoms with Gasteiger partial charge in [0.15, 0.2) is 0 Å². The van der Waals surface area contributed by atoms with Gasteiger partial charge in [-0.3, -0.25) is 0 Å². The van der Waals surface area contributed by atoms with Crippen molar-refractivity contribution >= 4 is 5.97 Å². The van der Waals surface area contributed by atoms with Gasteiger partial charge in [0.1, 0.15) is 0 Å². The van der Waals surface area contributed by atoms with Gasteiger partial charge >= 0.3 is 5.97 Å². The minimum Gasteiger partial charge on any atom is -0.479 e. The zero-order valence-electron chi connectivity index (χ0n) is 9.46. The van der Waals surface area contributed by atoms with Gasteiger partial charge in [-0.1, -0.05) is 32.0 Å². The molecule has 0 fully saturated rings. The maximum atomic E-state index is 14.3. The second-order valence-electron chi connectivity index (χ2n) is 4.68. The Balaban J connectivity index is 2.53. The maximum Gasteiger partial charge on any atom is 0.346 e. The van der Waals surface area contributed by atoms with E-state index in [0.29, 0.717) is 12.0 Å². The molecule has 2 nitrogen and oxygen atoms in total. The minimum absolute atomic E-state index is 0.0548. The number of alkyl halides is 1. The average molecular weight is 222 g/mol. The molecule has 0 amide bonds. The Hall–Kier alpha value is -1.38. The predicted octanol–water partition coefficient (Wildman–Crippen LogP) is 3.01. The molecule has 0 aromatic heterocycles. The Kier molecular flexibility index (Phi) is 2.49. The van der Waals surface area contributed by atoms with Crippen molar-refractivity contribution in [1.29, 1.82) is 0 Å². The molecule has 0 aliphatic heterocycles. The van der Waals surface area contributed by atoms with Crippen LogP contribution in [0.4, 0.5) is 4.39 Å². The molecular formula is C13H15FO2. The summed E-state index contributed by atoms with van der Waals surface area (Å²) in [5.41, 5.74) is -0.00956. The van der Waals surface area contributed by atoms with Crippen LogP contribution in [-0.4, -0.2) is 11.1 Å². The van der Waals surface area contributed by atoms with E-state index in [4.69, 9.17) is 5.11 Å². The Morgan fingerprint density at radius 2 is 2.19 bits per heavy atom. The Morgan fingerprint density at radius 1 is 1.50 bits per heavy atom. The highest BCUT2D eigenvalue weighted by Gasteiger charge is 2.46. The molecular weight excluding hydrogens is 207 g/mol. The average Bonchev–Trinajstić information content (AvgIpc) is 2.57. The normalized spacial score (nSPS) is 23.5. The van der Waals surface area contributed by atoms with Crippen LogP contribution in [0.25, 0.3) is 0 Å². The van der Waals surface area contributed by atoms with Crippen LogP contribution in [0.5, 0.6) is 0 Å². The molecule has 0 spiro atoms. The molecule has 1 atom stereocenters. The number of aliphatic carboxylic acids is 1. The smallest absolute Gasteiger partial charge is 0.346 e. The van der Waals surface area contributed by atoms with Gasteiger partial charge in [-0.25, -0.2) is 9.18 Å². The SMILES string of the molecule is CC(C)c1ccc2c(c1)C(F)(C(=O)O)CC2. The van der Waals surface area contributed by atoms with Gasteiger partial charge in [0.25, 0.3) is 0 Å². The molecule has 0 saturated heterocycles. The van der Waals surface area contributed by atoms with E-state index in [-0.39, 0.29) is 12.3 Å². The van der Waals surface area contributed by atoms with Gasteiger partial charge in [0, 0.05) is 12.0 Å². The Bertz CT molecular complexity index is 440. The van der Waals surface area contributed by atoms with Crippen LogP contribution >= 0.6 is 0 Å². The van der Waals surface area contributed by atoms with Crippen LogP contribution in [0.15, 0.2) is 18.2 Å². The molecule has 0 bridgehead atoms. The fourth-order valence-corrected chi connectivity index (χ4v) is 2.20. The molecule has 1 aromatic rings. The highest BCUT2D eigenvalue weighted by atomic mass is 19.1. The number of rotatable bonds is 2. The van der Waals surface area contributed by atoms with Crippen LogP contribution in [0.3, 0.4) is 0 Å². The van der Waals surface area contributed by atoms with Crippen LogP contribution < -0.4 is 0 Å². The first-order valence-corrected chi connectivity index (χ1v) is 5.51. The van der Waals surface area contributed by atoms with Gasteiger partial charge in [-0.2, -0.15) is 0 Å². The van der Waals surface area contributed by atoms with E-state index < -0.39 is 11.6 Å². The van der Waals surface area contributed by atoms with E-state index in [9.17, 15) is 9.18 Å². The Labute approximate surface area is 94.1 Å². The van der Waals surface area contributed by atoms with Crippen molar-refractivity contribution in [2.24, 2.45) is 0 Å². The molecule has 1 N–H and O–H groups in total. The third-order valence-corrected chi connectivity index (χ3v) is 3.31. The lowest BCUT2D eigenvalue weighted by atomic mass is 9.93. The van der Waals surface area contributed by atoms with E-state index in [2.05, 4.69) is 0 Å². The van der Waals surface area contributed by atoms with Gasteiger partial charge in [0.05, 0.1) is 0 Å². The number of fused-ring (bicyclic) bond motifs is 1. The number of benzene rings is 1. The molecule has 0 heterocycles. The van der Waals surface area contributed by atoms with Crippen molar-refractivity contribution in [2.75, 3.05) is 0 Å². The zero-order valence-corrected chi connectivity index (χ0v) is 9.46. The van der Waals surface area contributed by atoms with E-state index >= 15 is 0 Å². The number of carbonyl (C=O) groups is 1. The molecule has 1 aliphatic rings. The van der Waals surface area contributed by atoms with Gasteiger partial charge in [-0.15, -0.1) is 0 Å². The number of carboxylic acids is 1. The van der Waals surface area contributed by atoms with Crippen LogP contribution in [-0.2, 0) is 16.9 Å². The minimum atomic E-state index is -2.18. The first-order valence-electron chi connectivity index (χ1n) is 5.51. The van der Waals surface area contributed by atoms with E-state index in [0.717, 1.165) is 11.1 Å². The first kappa shape index (κ1) is 11.1. The number of carboxylic acid groups (broad SMARTS) is 1. The van der Waals surface area contributed by atoms with Crippen LogP contribution in [0.1, 0.15) is 42.9 Å². The zero-order chi connectivity index (χ0) is 11.9. The van der Waals surface area contributed by atoms with Crippen molar-refractivity contribution in [3.8, 4) is 0 Å². The van der Waals surface area contributed by atoms with Crippen LogP contribution in [0, 0.1) is 0 Å². The fourth-order valence-electron chi connectivity index (χ4n) is 2.20. The lowest BCUT2D eigenvalue weighted by Crippen LogP contribution is -2.28. The van der Waals surface area contributed by atoms with Crippen LogP contribution in [0.2, 0.25) is 0 Å². The summed E-state index contributed by atoms with van der Waals surface area (Å²) in [5.74, 6) is -1.09. The molecule has 2 rings (SSSR count). The number of aryl methyl sites for hydroxylation is 1. The van der Waals surface area contributed by atoms with Crippen molar-refractivity contribution in [3.63, 3.8) is 0 Å². The second kappa shape index (κ2) is 3.58. The lowest BCUT2D eigenvalue weighted by molar-refractivity contribution is -0.151. The highest BCUT2D eigenvalue weighted by molar-refractivity contribution is 5.81. The van der Waals surface area contributed by atoms with Crippen molar-refractivity contribution in [2.45, 2.75) is 38.3 Å².